The first kappa shape index (κ1) is 17.6. The van der Waals surface area contributed by atoms with Crippen LogP contribution >= 0.6 is 0 Å². The number of hydrogen-bond acceptors (Lipinski definition) is 4. The summed E-state index contributed by atoms with van der Waals surface area (Å²) < 4.78 is 19.2. The maximum Gasteiger partial charge on any atom is 0.123 e. The summed E-state index contributed by atoms with van der Waals surface area (Å²) in [5.74, 6) is 0.476. The van der Waals surface area contributed by atoms with Crippen LogP contribution in [-0.4, -0.2) is 44.1 Å². The fraction of sp³-hybridized carbons (Fsp3) is 0.684. The summed E-state index contributed by atoms with van der Waals surface area (Å²) >= 11 is 0. The number of nitrogens with one attached hydrogen (secondary N) is 1. The molecular formula is C19H29FN2O2. The van der Waals surface area contributed by atoms with Gasteiger partial charge in [-0.25, -0.2) is 4.39 Å². The molecule has 0 aromatic heterocycles. The molecule has 1 aliphatic heterocycles. The molecule has 2 aliphatic rings. The first-order valence-corrected chi connectivity index (χ1v) is 9.06. The molecule has 24 heavy (non-hydrogen) atoms. The number of hydrogen-bond donors (Lipinski definition) is 2. The van der Waals surface area contributed by atoms with Crippen LogP contribution < -0.4 is 10.2 Å². The lowest BCUT2D eigenvalue weighted by Gasteiger charge is -2.34. The molecule has 1 aromatic carbocycles. The average molecular weight is 336 g/mol. The van der Waals surface area contributed by atoms with Gasteiger partial charge in [0.15, 0.2) is 0 Å². The number of piperidine rings is 1. The van der Waals surface area contributed by atoms with Crippen LogP contribution in [0.15, 0.2) is 18.2 Å². The van der Waals surface area contributed by atoms with Crippen molar-refractivity contribution in [2.45, 2.75) is 50.8 Å². The highest BCUT2D eigenvalue weighted by atomic mass is 19.1. The minimum absolute atomic E-state index is 0.0586. The first-order valence-electron chi connectivity index (χ1n) is 9.06. The summed E-state index contributed by atoms with van der Waals surface area (Å²) in [5.41, 5.74) is 2.07. The smallest absolute Gasteiger partial charge is 0.123 e. The zero-order chi connectivity index (χ0) is 17.1. The highest BCUT2D eigenvalue weighted by Crippen LogP contribution is 2.35. The summed E-state index contributed by atoms with van der Waals surface area (Å²) in [6.45, 7) is 4.42. The second-order valence-corrected chi connectivity index (χ2v) is 7.21. The Morgan fingerprint density at radius 3 is 2.62 bits per heavy atom. The van der Waals surface area contributed by atoms with E-state index in [-0.39, 0.29) is 18.0 Å². The number of benzene rings is 1. The molecule has 4 nitrogen and oxygen atoms in total. The van der Waals surface area contributed by atoms with Crippen molar-refractivity contribution in [3.05, 3.63) is 29.6 Å². The number of rotatable bonds is 7. The van der Waals surface area contributed by atoms with Gasteiger partial charge in [-0.15, -0.1) is 0 Å². The summed E-state index contributed by atoms with van der Waals surface area (Å²) in [7, 11) is 1.73. The third kappa shape index (κ3) is 4.26. The maximum atomic E-state index is 13.9. The van der Waals surface area contributed by atoms with Crippen LogP contribution in [0, 0.1) is 11.7 Å². The zero-order valence-electron chi connectivity index (χ0n) is 14.7. The molecular weight excluding hydrogens is 307 g/mol. The SMILES string of the molecule is COCC(NC(C)c1cc(F)ccc1N1CCC(O)CC1)C1CC1. The number of aliphatic hydroxyl groups excluding tert-OH is 1. The van der Waals surface area contributed by atoms with E-state index in [0.717, 1.165) is 37.2 Å². The third-order valence-corrected chi connectivity index (χ3v) is 5.26. The number of ether oxygens (including phenoxy) is 1. The quantitative estimate of drug-likeness (QED) is 0.804. The van der Waals surface area contributed by atoms with Gasteiger partial charge in [0.25, 0.3) is 0 Å². The van der Waals surface area contributed by atoms with Gasteiger partial charge in [-0.3, -0.25) is 0 Å². The number of anilines is 1. The normalized spacial score (nSPS) is 21.8. The van der Waals surface area contributed by atoms with Crippen LogP contribution in [-0.2, 0) is 4.74 Å². The van der Waals surface area contributed by atoms with E-state index in [9.17, 15) is 9.50 Å². The molecule has 0 amide bonds. The van der Waals surface area contributed by atoms with Gasteiger partial charge in [-0.2, -0.15) is 0 Å². The molecule has 2 N–H and O–H groups in total. The Morgan fingerprint density at radius 1 is 1.29 bits per heavy atom. The summed E-state index contributed by atoms with van der Waals surface area (Å²) in [4.78, 5) is 2.27. The lowest BCUT2D eigenvalue weighted by Crippen LogP contribution is -2.39. The van der Waals surface area contributed by atoms with E-state index in [1.165, 1.54) is 18.9 Å². The van der Waals surface area contributed by atoms with E-state index in [1.54, 1.807) is 13.2 Å². The fourth-order valence-corrected chi connectivity index (χ4v) is 3.68. The molecule has 1 saturated carbocycles. The summed E-state index contributed by atoms with van der Waals surface area (Å²) in [6.07, 6.45) is 3.82. The van der Waals surface area contributed by atoms with Gasteiger partial charge >= 0.3 is 0 Å². The first-order chi connectivity index (χ1) is 11.6. The van der Waals surface area contributed by atoms with Gasteiger partial charge in [0.1, 0.15) is 5.82 Å². The van der Waals surface area contributed by atoms with E-state index in [1.807, 2.05) is 6.07 Å². The van der Waals surface area contributed by atoms with Gasteiger partial charge in [-0.05, 0) is 62.3 Å². The topological polar surface area (TPSA) is 44.7 Å². The molecule has 1 heterocycles. The molecule has 1 saturated heterocycles. The highest BCUT2D eigenvalue weighted by molar-refractivity contribution is 5.55. The fourth-order valence-electron chi connectivity index (χ4n) is 3.68. The number of aliphatic hydroxyl groups is 1. The number of halogens is 1. The molecule has 0 spiro atoms. The van der Waals surface area contributed by atoms with Crippen molar-refractivity contribution in [2.75, 3.05) is 31.7 Å². The number of methoxy groups -OCH3 is 1. The van der Waals surface area contributed by atoms with Gasteiger partial charge in [0.05, 0.1) is 12.7 Å². The monoisotopic (exact) mass is 336 g/mol. The lowest BCUT2D eigenvalue weighted by atomic mass is 10.0. The molecule has 3 rings (SSSR count). The van der Waals surface area contributed by atoms with Crippen molar-refractivity contribution in [1.82, 2.24) is 5.32 Å². The van der Waals surface area contributed by atoms with Crippen LogP contribution in [0.2, 0.25) is 0 Å². The van der Waals surface area contributed by atoms with E-state index in [2.05, 4.69) is 17.1 Å². The minimum Gasteiger partial charge on any atom is -0.393 e. The predicted molar refractivity (Wildman–Crippen MR) is 93.8 cm³/mol. The Balaban J connectivity index is 1.76. The molecule has 134 valence electrons. The van der Waals surface area contributed by atoms with Gasteiger partial charge in [0, 0.05) is 38.0 Å². The van der Waals surface area contributed by atoms with Crippen molar-refractivity contribution < 1.29 is 14.2 Å². The van der Waals surface area contributed by atoms with Crippen molar-refractivity contribution in [3.63, 3.8) is 0 Å². The van der Waals surface area contributed by atoms with Crippen LogP contribution in [0.5, 0.6) is 0 Å². The minimum atomic E-state index is -0.207. The molecule has 0 radical (unpaired) electrons. The molecule has 1 aromatic rings. The van der Waals surface area contributed by atoms with Crippen molar-refractivity contribution >= 4 is 5.69 Å². The van der Waals surface area contributed by atoms with Crippen molar-refractivity contribution in [2.24, 2.45) is 5.92 Å². The van der Waals surface area contributed by atoms with E-state index < -0.39 is 0 Å². The second kappa shape index (κ2) is 7.81. The molecule has 2 fully saturated rings. The second-order valence-electron chi connectivity index (χ2n) is 7.21. The largest absolute Gasteiger partial charge is 0.393 e. The lowest BCUT2D eigenvalue weighted by molar-refractivity contribution is 0.145. The van der Waals surface area contributed by atoms with Crippen LogP contribution in [0.25, 0.3) is 0 Å². The zero-order valence-corrected chi connectivity index (χ0v) is 14.7. The third-order valence-electron chi connectivity index (χ3n) is 5.26. The van der Waals surface area contributed by atoms with E-state index in [4.69, 9.17) is 4.74 Å². The van der Waals surface area contributed by atoms with E-state index in [0.29, 0.717) is 18.6 Å². The summed E-state index contributed by atoms with van der Waals surface area (Å²) in [5, 5.41) is 13.4. The Bertz CT molecular complexity index is 542. The van der Waals surface area contributed by atoms with Gasteiger partial charge < -0.3 is 20.1 Å². The Labute approximate surface area is 144 Å². The Kier molecular flexibility index (Phi) is 5.74. The maximum absolute atomic E-state index is 13.9. The molecule has 1 aliphatic carbocycles. The molecule has 0 bridgehead atoms. The molecule has 5 heteroatoms. The highest BCUT2D eigenvalue weighted by Gasteiger charge is 2.32. The van der Waals surface area contributed by atoms with Gasteiger partial charge in [0.2, 0.25) is 0 Å². The van der Waals surface area contributed by atoms with E-state index >= 15 is 0 Å². The predicted octanol–water partition coefficient (Wildman–Crippen LogP) is 2.86. The standard InChI is InChI=1S/C19H29FN2O2/c1-13(21-18(12-24-2)14-3-4-14)17-11-15(20)5-6-19(17)22-9-7-16(23)8-10-22/h5-6,11,13-14,16,18,21,23H,3-4,7-10,12H2,1-2H3. The molecule has 2 unspecified atom stereocenters. The van der Waals surface area contributed by atoms with Crippen LogP contribution in [0.4, 0.5) is 10.1 Å². The van der Waals surface area contributed by atoms with Crippen molar-refractivity contribution in [3.8, 4) is 0 Å². The summed E-state index contributed by atoms with van der Waals surface area (Å²) in [6, 6.07) is 5.44. The Hall–Kier alpha value is -1.17. The van der Waals surface area contributed by atoms with Crippen molar-refractivity contribution in [1.29, 1.82) is 0 Å². The molecule has 2 atom stereocenters. The van der Waals surface area contributed by atoms with Crippen LogP contribution in [0.3, 0.4) is 0 Å². The van der Waals surface area contributed by atoms with Crippen LogP contribution in [0.1, 0.15) is 44.2 Å². The Morgan fingerprint density at radius 2 is 2.00 bits per heavy atom. The van der Waals surface area contributed by atoms with Gasteiger partial charge in [-0.1, -0.05) is 0 Å². The number of nitrogens with zero attached hydrogens (tertiary/aromatic N) is 1. The average Bonchev–Trinajstić information content (AvgIpc) is 3.40.